The van der Waals surface area contributed by atoms with E-state index in [0.29, 0.717) is 22.0 Å². The Bertz CT molecular complexity index is 1020. The topological polar surface area (TPSA) is 102 Å². The molecule has 0 saturated heterocycles. The van der Waals surface area contributed by atoms with Crippen LogP contribution in [0.25, 0.3) is 10.8 Å². The highest BCUT2D eigenvalue weighted by Gasteiger charge is 2.29. The minimum absolute atomic E-state index is 0.0289. The molecule has 1 atom stereocenters. The molecular formula is C16H17F2N5O3S2. The summed E-state index contributed by atoms with van der Waals surface area (Å²) in [4.78, 5) is 8.55. The first-order valence-corrected chi connectivity index (χ1v) is 10.6. The number of hydrogen-bond donors (Lipinski definition) is 0. The van der Waals surface area contributed by atoms with Crippen molar-refractivity contribution in [2.45, 2.75) is 38.5 Å². The highest BCUT2D eigenvalue weighted by Crippen LogP contribution is 2.30. The number of halogens is 2. The Labute approximate surface area is 164 Å². The van der Waals surface area contributed by atoms with Crippen molar-refractivity contribution in [1.29, 1.82) is 0 Å². The normalized spacial score (nSPS) is 13.0. The van der Waals surface area contributed by atoms with E-state index < -0.39 is 27.6 Å². The summed E-state index contributed by atoms with van der Waals surface area (Å²) in [5, 5.41) is 6.71. The third kappa shape index (κ3) is 4.17. The molecule has 0 amide bonds. The van der Waals surface area contributed by atoms with Gasteiger partial charge in [0.1, 0.15) is 9.88 Å². The van der Waals surface area contributed by atoms with Crippen LogP contribution in [-0.4, -0.2) is 33.8 Å². The average Bonchev–Trinajstić information content (AvgIpc) is 3.35. The number of pyridine rings is 1. The van der Waals surface area contributed by atoms with Crippen LogP contribution in [0.5, 0.6) is 0 Å². The molecule has 3 rings (SSSR count). The highest BCUT2D eigenvalue weighted by atomic mass is 32.2. The zero-order chi connectivity index (χ0) is 20.3. The molecule has 28 heavy (non-hydrogen) atoms. The van der Waals surface area contributed by atoms with Gasteiger partial charge in [0, 0.05) is 6.20 Å². The summed E-state index contributed by atoms with van der Waals surface area (Å²) < 4.78 is 57.3. The Balaban J connectivity index is 1.90. The summed E-state index contributed by atoms with van der Waals surface area (Å²) in [6.07, 6.45) is 1.98. The van der Waals surface area contributed by atoms with Crippen molar-refractivity contribution in [1.82, 2.24) is 20.2 Å². The lowest BCUT2D eigenvalue weighted by molar-refractivity contribution is 0.116. The second-order valence-electron chi connectivity index (χ2n) is 5.85. The predicted molar refractivity (Wildman–Crippen MR) is 99.5 cm³/mol. The van der Waals surface area contributed by atoms with Crippen LogP contribution in [0.2, 0.25) is 0 Å². The van der Waals surface area contributed by atoms with Crippen LogP contribution in [-0.2, 0) is 16.6 Å². The Morgan fingerprint density at radius 3 is 2.68 bits per heavy atom. The smallest absolute Gasteiger partial charge is 0.314 e. The number of alkyl halides is 2. The summed E-state index contributed by atoms with van der Waals surface area (Å²) in [5.74, 6) is -0.863. The molecule has 0 aromatic carbocycles. The third-order valence-electron chi connectivity index (χ3n) is 4.00. The number of aromatic nitrogens is 4. The van der Waals surface area contributed by atoms with Crippen molar-refractivity contribution in [3.05, 3.63) is 41.6 Å². The summed E-state index contributed by atoms with van der Waals surface area (Å²) >= 11 is 1.09. The van der Waals surface area contributed by atoms with Gasteiger partial charge in [-0.05, 0) is 25.5 Å². The number of sulfonamides is 1. The second-order valence-corrected chi connectivity index (χ2v) is 9.24. The van der Waals surface area contributed by atoms with Crippen LogP contribution < -0.4 is 4.31 Å². The molecule has 3 heterocycles. The zero-order valence-corrected chi connectivity index (χ0v) is 16.6. The van der Waals surface area contributed by atoms with Crippen molar-refractivity contribution < 1.29 is 21.6 Å². The average molecular weight is 429 g/mol. The van der Waals surface area contributed by atoms with Gasteiger partial charge in [-0.1, -0.05) is 6.92 Å². The summed E-state index contributed by atoms with van der Waals surface area (Å²) in [6, 6.07) is 3.29. The fourth-order valence-corrected chi connectivity index (χ4v) is 4.75. The lowest BCUT2D eigenvalue weighted by atomic mass is 10.4. The lowest BCUT2D eigenvalue weighted by Crippen LogP contribution is -2.37. The zero-order valence-electron chi connectivity index (χ0n) is 15.0. The molecule has 0 bridgehead atoms. The molecule has 0 aliphatic heterocycles. The van der Waals surface area contributed by atoms with Gasteiger partial charge in [-0.2, -0.15) is 8.78 Å². The van der Waals surface area contributed by atoms with E-state index in [1.165, 1.54) is 16.7 Å². The van der Waals surface area contributed by atoms with Crippen molar-refractivity contribution in [2.75, 3.05) is 4.31 Å². The van der Waals surface area contributed by atoms with Crippen LogP contribution in [0.3, 0.4) is 0 Å². The fraction of sp³-hybridized carbons (Fsp3) is 0.375. The number of hydrogen-bond acceptors (Lipinski definition) is 8. The second kappa shape index (κ2) is 8.27. The molecular weight excluding hydrogens is 412 g/mol. The van der Waals surface area contributed by atoms with Crippen LogP contribution in [0.4, 0.5) is 14.5 Å². The minimum Gasteiger partial charge on any atom is -0.414 e. The van der Waals surface area contributed by atoms with Crippen molar-refractivity contribution >= 4 is 27.0 Å². The van der Waals surface area contributed by atoms with Gasteiger partial charge in [-0.25, -0.2) is 13.4 Å². The SMILES string of the molecule is CC[C@H](C)S(=O)(=O)N(Cc1ncc(-c2nnc(C(F)F)o2)s1)c1cccnc1. The van der Waals surface area contributed by atoms with E-state index in [1.807, 2.05) is 0 Å². The van der Waals surface area contributed by atoms with E-state index in [4.69, 9.17) is 4.42 Å². The van der Waals surface area contributed by atoms with Crippen molar-refractivity contribution in [3.63, 3.8) is 0 Å². The molecule has 0 saturated carbocycles. The molecule has 150 valence electrons. The molecule has 8 nitrogen and oxygen atoms in total. The van der Waals surface area contributed by atoms with Crippen LogP contribution in [0.15, 0.2) is 35.1 Å². The van der Waals surface area contributed by atoms with E-state index in [9.17, 15) is 17.2 Å². The Morgan fingerprint density at radius 2 is 2.07 bits per heavy atom. The standard InChI is InChI=1S/C16H17F2N5O3S2/c1-3-10(2)28(24,25)23(11-5-4-6-19-7-11)9-13-20-8-12(27-13)15-21-22-16(26-15)14(17)18/h4-8,10,14H,3,9H2,1-2H3/t10-/m0/s1. The Hall–Kier alpha value is -2.47. The predicted octanol–water partition coefficient (Wildman–Crippen LogP) is 3.66. The summed E-state index contributed by atoms with van der Waals surface area (Å²) in [5.41, 5.74) is 0.414. The number of rotatable bonds is 8. The highest BCUT2D eigenvalue weighted by molar-refractivity contribution is 7.93. The quantitative estimate of drug-likeness (QED) is 0.538. The van der Waals surface area contributed by atoms with Crippen molar-refractivity contribution in [2.24, 2.45) is 0 Å². The first-order valence-electron chi connectivity index (χ1n) is 8.31. The molecule has 0 aliphatic carbocycles. The van der Waals surface area contributed by atoms with Gasteiger partial charge in [0.15, 0.2) is 0 Å². The first kappa shape index (κ1) is 20.3. The Morgan fingerprint density at radius 1 is 1.29 bits per heavy atom. The Kier molecular flexibility index (Phi) is 5.98. The molecule has 0 radical (unpaired) electrons. The molecule has 0 fully saturated rings. The summed E-state index contributed by atoms with van der Waals surface area (Å²) in [7, 11) is -3.66. The van der Waals surface area contributed by atoms with Gasteiger partial charge in [0.25, 0.3) is 11.8 Å². The maximum atomic E-state index is 13.0. The molecule has 3 aromatic heterocycles. The van der Waals surface area contributed by atoms with Gasteiger partial charge in [-0.15, -0.1) is 21.5 Å². The van der Waals surface area contributed by atoms with Gasteiger partial charge in [0.05, 0.1) is 29.9 Å². The molecule has 0 spiro atoms. The van der Waals surface area contributed by atoms with Gasteiger partial charge >= 0.3 is 6.43 Å². The van der Waals surface area contributed by atoms with Crippen molar-refractivity contribution in [3.8, 4) is 10.8 Å². The fourth-order valence-electron chi connectivity index (χ4n) is 2.28. The third-order valence-corrected chi connectivity index (χ3v) is 7.27. The molecule has 3 aromatic rings. The van der Waals surface area contributed by atoms with Gasteiger partial charge < -0.3 is 4.42 Å². The summed E-state index contributed by atoms with van der Waals surface area (Å²) in [6.45, 7) is 3.40. The number of anilines is 1. The number of thiazole rings is 1. The number of nitrogens with zero attached hydrogens (tertiary/aromatic N) is 5. The molecule has 0 aliphatic rings. The van der Waals surface area contributed by atoms with Crippen LogP contribution in [0.1, 0.15) is 37.6 Å². The minimum atomic E-state index is -3.66. The molecule has 12 heteroatoms. The van der Waals surface area contributed by atoms with E-state index in [-0.39, 0.29) is 12.4 Å². The first-order chi connectivity index (χ1) is 13.3. The van der Waals surface area contributed by atoms with E-state index >= 15 is 0 Å². The molecule has 0 unspecified atom stereocenters. The molecule has 0 N–H and O–H groups in total. The maximum Gasteiger partial charge on any atom is 0.314 e. The van der Waals surface area contributed by atoms with E-state index in [1.54, 1.807) is 32.2 Å². The lowest BCUT2D eigenvalue weighted by Gasteiger charge is -2.26. The van der Waals surface area contributed by atoms with E-state index in [2.05, 4.69) is 20.2 Å². The van der Waals surface area contributed by atoms with E-state index in [0.717, 1.165) is 11.3 Å². The van der Waals surface area contributed by atoms with Gasteiger partial charge in [-0.3, -0.25) is 9.29 Å². The largest absolute Gasteiger partial charge is 0.414 e. The van der Waals surface area contributed by atoms with Crippen LogP contribution in [0, 0.1) is 0 Å². The maximum absolute atomic E-state index is 13.0. The van der Waals surface area contributed by atoms with Gasteiger partial charge in [0.2, 0.25) is 10.0 Å². The monoisotopic (exact) mass is 429 g/mol. The van der Waals surface area contributed by atoms with Crippen LogP contribution >= 0.6 is 11.3 Å².